The van der Waals surface area contributed by atoms with Crippen molar-refractivity contribution < 1.29 is 0 Å². The van der Waals surface area contributed by atoms with Crippen LogP contribution in [0.25, 0.3) is 0 Å². The van der Waals surface area contributed by atoms with Gasteiger partial charge >= 0.3 is 0 Å². The molecule has 0 saturated carbocycles. The van der Waals surface area contributed by atoms with Gasteiger partial charge in [-0.05, 0) is 96.8 Å². The first kappa shape index (κ1) is 30.3. The highest BCUT2D eigenvalue weighted by atomic mass is 32.3. The van der Waals surface area contributed by atoms with Gasteiger partial charge in [0, 0.05) is 34.3 Å². The van der Waals surface area contributed by atoms with Crippen molar-refractivity contribution in [1.29, 1.82) is 0 Å². The van der Waals surface area contributed by atoms with Gasteiger partial charge in [-0.25, -0.2) is 0 Å². The Kier molecular flexibility index (Phi) is 9.35. The second kappa shape index (κ2) is 13.9. The van der Waals surface area contributed by atoms with Gasteiger partial charge in [-0.2, -0.15) is 0 Å². The molecular formula is C43H38S2. The fraction of sp³-hybridized carbons (Fsp3) is 0.0233. The molecule has 6 aromatic rings. The summed E-state index contributed by atoms with van der Waals surface area (Å²) in [4.78, 5) is 10.4. The Hall–Kier alpha value is -4.76. The Morgan fingerprint density at radius 2 is 0.800 bits per heavy atom. The summed E-state index contributed by atoms with van der Waals surface area (Å²) in [6, 6.07) is 64.8. The van der Waals surface area contributed by atoms with Crippen LogP contribution in [0.4, 0.5) is 0 Å². The fourth-order valence-corrected chi connectivity index (χ4v) is 14.1. The average Bonchev–Trinajstić information content (AvgIpc) is 3.13. The van der Waals surface area contributed by atoms with E-state index in [1.807, 2.05) is 6.08 Å². The van der Waals surface area contributed by atoms with Crippen molar-refractivity contribution in [2.24, 2.45) is 0 Å². The molecule has 0 N–H and O–H groups in total. The first-order valence-corrected chi connectivity index (χ1v) is 18.5. The highest BCUT2D eigenvalue weighted by Crippen LogP contribution is 2.77. The predicted octanol–water partition coefficient (Wildman–Crippen LogP) is 13.0. The lowest BCUT2D eigenvalue weighted by Gasteiger charge is -2.45. The summed E-state index contributed by atoms with van der Waals surface area (Å²) in [7, 11) is -3.73. The number of allylic oxidation sites excluding steroid dienone is 4. The molecular weight excluding hydrogens is 581 g/mol. The predicted molar refractivity (Wildman–Crippen MR) is 195 cm³/mol. The van der Waals surface area contributed by atoms with Crippen LogP contribution in [0.15, 0.2) is 246 Å². The lowest BCUT2D eigenvalue weighted by molar-refractivity contribution is 1.20. The Morgan fingerprint density at radius 1 is 0.444 bits per heavy atom. The Morgan fingerprint density at radius 3 is 1.18 bits per heavy atom. The minimum absolute atomic E-state index is 1.27. The SMILES string of the molecule is C=C/C=C\C(=C/C)S(c1ccccc1)(c1ccccc1)c1cccc(S(c2ccccc2)(c2ccccc2)c2ccccc2)c1. The average molecular weight is 619 g/mol. The van der Waals surface area contributed by atoms with E-state index in [0.717, 1.165) is 0 Å². The van der Waals surface area contributed by atoms with Crippen molar-refractivity contribution in [1.82, 2.24) is 0 Å². The van der Waals surface area contributed by atoms with E-state index < -0.39 is 20.1 Å². The van der Waals surface area contributed by atoms with Crippen molar-refractivity contribution in [2.75, 3.05) is 0 Å². The third kappa shape index (κ3) is 5.53. The molecule has 0 aliphatic carbocycles. The maximum Gasteiger partial charge on any atom is 0.00338 e. The second-order valence-corrected chi connectivity index (χ2v) is 16.8. The van der Waals surface area contributed by atoms with Crippen molar-refractivity contribution >= 4 is 20.1 Å². The molecule has 0 aromatic heterocycles. The van der Waals surface area contributed by atoms with E-state index in [0.29, 0.717) is 0 Å². The summed E-state index contributed by atoms with van der Waals surface area (Å²) < 4.78 is 0. The number of rotatable bonds is 10. The zero-order valence-electron chi connectivity index (χ0n) is 25.6. The van der Waals surface area contributed by atoms with Gasteiger partial charge in [0.2, 0.25) is 0 Å². The molecule has 0 saturated heterocycles. The van der Waals surface area contributed by atoms with Gasteiger partial charge in [-0.15, -0.1) is 20.1 Å². The van der Waals surface area contributed by atoms with Crippen molar-refractivity contribution in [3.63, 3.8) is 0 Å². The van der Waals surface area contributed by atoms with E-state index in [9.17, 15) is 0 Å². The van der Waals surface area contributed by atoms with Crippen molar-refractivity contribution in [2.45, 2.75) is 41.2 Å². The van der Waals surface area contributed by atoms with Crippen LogP contribution >= 0.6 is 20.1 Å². The summed E-state index contributed by atoms with van der Waals surface area (Å²) in [5.41, 5.74) is 0. The normalized spacial score (nSPS) is 13.0. The Balaban J connectivity index is 1.76. The van der Waals surface area contributed by atoms with E-state index in [1.165, 1.54) is 39.2 Å². The first-order valence-electron chi connectivity index (χ1n) is 15.2. The highest BCUT2D eigenvalue weighted by Gasteiger charge is 2.37. The highest BCUT2D eigenvalue weighted by molar-refractivity contribution is 8.37. The Labute approximate surface area is 271 Å². The van der Waals surface area contributed by atoms with Gasteiger partial charge < -0.3 is 0 Å². The van der Waals surface area contributed by atoms with Crippen LogP contribution < -0.4 is 0 Å². The molecule has 0 aliphatic rings. The molecule has 2 heteroatoms. The van der Waals surface area contributed by atoms with Crippen LogP contribution in [0.1, 0.15) is 6.92 Å². The topological polar surface area (TPSA) is 0 Å². The largest absolute Gasteiger partial charge is 0.133 e. The zero-order chi connectivity index (χ0) is 31.0. The zero-order valence-corrected chi connectivity index (χ0v) is 27.2. The first-order chi connectivity index (χ1) is 22.3. The molecule has 0 radical (unpaired) electrons. The molecule has 0 nitrogen and oxygen atoms in total. The number of hydrogen-bond donors (Lipinski definition) is 0. The third-order valence-electron chi connectivity index (χ3n) is 8.03. The summed E-state index contributed by atoms with van der Waals surface area (Å²) in [5, 5.41) is 0. The van der Waals surface area contributed by atoms with Crippen LogP contribution in [0.5, 0.6) is 0 Å². The van der Waals surface area contributed by atoms with Gasteiger partial charge in [-0.1, -0.05) is 122 Å². The monoisotopic (exact) mass is 618 g/mol. The van der Waals surface area contributed by atoms with E-state index >= 15 is 0 Å². The molecule has 0 fully saturated rings. The van der Waals surface area contributed by atoms with Crippen LogP contribution in [-0.4, -0.2) is 0 Å². The standard InChI is InChI=1S/C43H38S2/c1-3-5-22-36(4-2)44(37-23-11-6-12-24-37,38-25-13-7-14-26-38)42-33-21-34-43(35-42)45(39-27-15-8-16-28-39,40-29-17-9-18-30-40)41-31-19-10-20-32-41/h3-35H,1H2,2H3/b22-5-,36-4+. The lowest BCUT2D eigenvalue weighted by Crippen LogP contribution is -2.09. The van der Waals surface area contributed by atoms with Gasteiger partial charge in [0.25, 0.3) is 0 Å². The molecule has 0 atom stereocenters. The lowest BCUT2D eigenvalue weighted by atomic mass is 10.3. The van der Waals surface area contributed by atoms with Crippen LogP contribution in [0.2, 0.25) is 0 Å². The molecule has 0 aliphatic heterocycles. The molecule has 6 aromatic carbocycles. The van der Waals surface area contributed by atoms with E-state index in [2.05, 4.69) is 208 Å². The maximum absolute atomic E-state index is 4.01. The van der Waals surface area contributed by atoms with E-state index in [4.69, 9.17) is 0 Å². The molecule has 0 bridgehead atoms. The van der Waals surface area contributed by atoms with Gasteiger partial charge in [0.1, 0.15) is 0 Å². The van der Waals surface area contributed by atoms with E-state index in [-0.39, 0.29) is 0 Å². The van der Waals surface area contributed by atoms with E-state index in [1.54, 1.807) is 0 Å². The van der Waals surface area contributed by atoms with Gasteiger partial charge in [0.15, 0.2) is 0 Å². The molecule has 222 valence electrons. The van der Waals surface area contributed by atoms with Crippen LogP contribution in [-0.2, 0) is 0 Å². The molecule has 0 amide bonds. The maximum atomic E-state index is 4.01. The summed E-state index contributed by atoms with van der Waals surface area (Å²) in [6.07, 6.45) is 8.48. The fourth-order valence-electron chi connectivity index (χ4n) is 6.15. The third-order valence-corrected chi connectivity index (χ3v) is 15.9. The van der Waals surface area contributed by atoms with Gasteiger partial charge in [-0.3, -0.25) is 0 Å². The Bertz CT molecular complexity index is 1760. The molecule has 6 rings (SSSR count). The number of hydrogen-bond acceptors (Lipinski definition) is 0. The van der Waals surface area contributed by atoms with Crippen molar-refractivity contribution in [3.8, 4) is 0 Å². The quantitative estimate of drug-likeness (QED) is 0.134. The summed E-state index contributed by atoms with van der Waals surface area (Å²) in [5.74, 6) is 0. The molecule has 0 heterocycles. The minimum atomic E-state index is -1.89. The number of benzene rings is 6. The van der Waals surface area contributed by atoms with Crippen LogP contribution in [0.3, 0.4) is 0 Å². The van der Waals surface area contributed by atoms with Crippen molar-refractivity contribution in [3.05, 3.63) is 212 Å². The molecule has 0 unspecified atom stereocenters. The second-order valence-electron chi connectivity index (χ2n) is 10.6. The van der Waals surface area contributed by atoms with Gasteiger partial charge in [0.05, 0.1) is 0 Å². The summed E-state index contributed by atoms with van der Waals surface area (Å²) in [6.45, 7) is 6.17. The summed E-state index contributed by atoms with van der Waals surface area (Å²) >= 11 is 0. The molecule has 0 spiro atoms. The van der Waals surface area contributed by atoms with Crippen LogP contribution in [0, 0.1) is 0 Å². The molecule has 45 heavy (non-hydrogen) atoms. The smallest absolute Gasteiger partial charge is 0.00338 e. The minimum Gasteiger partial charge on any atom is -0.133 e.